The molecule has 0 heterocycles. The van der Waals surface area contributed by atoms with Crippen molar-refractivity contribution >= 4 is 11.6 Å². The van der Waals surface area contributed by atoms with Crippen LogP contribution in [-0.4, -0.2) is 25.6 Å². The molecule has 0 atom stereocenters. The van der Waals surface area contributed by atoms with Gasteiger partial charge in [-0.25, -0.2) is 0 Å². The van der Waals surface area contributed by atoms with Gasteiger partial charge < -0.3 is 9.64 Å². The smallest absolute Gasteiger partial charge is 0.137 e. The maximum Gasteiger partial charge on any atom is 0.137 e. The highest BCUT2D eigenvalue weighted by atomic mass is 35.5. The minimum atomic E-state index is 0.697. The molecule has 0 spiro atoms. The second-order valence-corrected chi connectivity index (χ2v) is 4.26. The Hall–Kier alpha value is -0.730. The number of hydrogen-bond donors (Lipinski definition) is 0. The van der Waals surface area contributed by atoms with Crippen molar-refractivity contribution in [1.82, 2.24) is 4.90 Å². The highest BCUT2D eigenvalue weighted by Crippen LogP contribution is 2.25. The van der Waals surface area contributed by atoms with Crippen molar-refractivity contribution in [1.29, 1.82) is 0 Å². The number of nitrogens with zero attached hydrogens (tertiary/aromatic N) is 1. The van der Waals surface area contributed by atoms with E-state index in [1.807, 2.05) is 26.2 Å². The summed E-state index contributed by atoms with van der Waals surface area (Å²) in [5.74, 6) is 0.779. The van der Waals surface area contributed by atoms with Crippen LogP contribution in [0.4, 0.5) is 0 Å². The predicted molar refractivity (Wildman–Crippen MR) is 64.6 cm³/mol. The van der Waals surface area contributed by atoms with Crippen LogP contribution in [0.5, 0.6) is 5.75 Å². The van der Waals surface area contributed by atoms with Crippen molar-refractivity contribution in [2.24, 2.45) is 0 Å². The number of hydrogen-bond acceptors (Lipinski definition) is 2. The first-order valence-corrected chi connectivity index (χ1v) is 5.57. The number of benzene rings is 1. The van der Waals surface area contributed by atoms with E-state index in [2.05, 4.69) is 17.9 Å². The van der Waals surface area contributed by atoms with Crippen molar-refractivity contribution in [3.8, 4) is 5.75 Å². The third kappa shape index (κ3) is 4.10. The van der Waals surface area contributed by atoms with Crippen LogP contribution < -0.4 is 4.74 Å². The lowest BCUT2D eigenvalue weighted by Crippen LogP contribution is -2.10. The van der Waals surface area contributed by atoms with E-state index in [4.69, 9.17) is 16.3 Å². The summed E-state index contributed by atoms with van der Waals surface area (Å²) < 4.78 is 5.50. The monoisotopic (exact) mass is 227 g/mol. The molecule has 0 fully saturated rings. The molecule has 0 saturated carbocycles. The summed E-state index contributed by atoms with van der Waals surface area (Å²) in [6.07, 6.45) is 0.996. The molecule has 1 aromatic rings. The van der Waals surface area contributed by atoms with Crippen LogP contribution in [0, 0.1) is 0 Å². The van der Waals surface area contributed by atoms with Crippen LogP contribution in [0.1, 0.15) is 18.9 Å². The van der Waals surface area contributed by atoms with Crippen LogP contribution in [0.25, 0.3) is 0 Å². The summed E-state index contributed by atoms with van der Waals surface area (Å²) in [5, 5.41) is 0.697. The Morgan fingerprint density at radius 1 is 1.33 bits per heavy atom. The van der Waals surface area contributed by atoms with E-state index in [-0.39, 0.29) is 0 Å². The first-order valence-electron chi connectivity index (χ1n) is 5.19. The number of ether oxygens (including phenoxy) is 1. The van der Waals surface area contributed by atoms with E-state index in [1.165, 1.54) is 5.56 Å². The lowest BCUT2D eigenvalue weighted by molar-refractivity contribution is 0.317. The fraction of sp³-hybridized carbons (Fsp3) is 0.500. The van der Waals surface area contributed by atoms with E-state index >= 15 is 0 Å². The van der Waals surface area contributed by atoms with Gasteiger partial charge in [0.1, 0.15) is 5.75 Å². The van der Waals surface area contributed by atoms with Gasteiger partial charge >= 0.3 is 0 Å². The van der Waals surface area contributed by atoms with Crippen molar-refractivity contribution in [3.63, 3.8) is 0 Å². The second-order valence-electron chi connectivity index (χ2n) is 3.85. The summed E-state index contributed by atoms with van der Waals surface area (Å²) >= 11 is 6.11. The van der Waals surface area contributed by atoms with Crippen molar-refractivity contribution in [3.05, 3.63) is 28.8 Å². The van der Waals surface area contributed by atoms with Gasteiger partial charge in [0.25, 0.3) is 0 Å². The molecule has 0 amide bonds. The third-order valence-electron chi connectivity index (χ3n) is 1.96. The van der Waals surface area contributed by atoms with E-state index in [1.54, 1.807) is 0 Å². The summed E-state index contributed by atoms with van der Waals surface area (Å²) in [5.41, 5.74) is 1.20. The van der Waals surface area contributed by atoms with Gasteiger partial charge in [-0.15, -0.1) is 0 Å². The van der Waals surface area contributed by atoms with Crippen LogP contribution >= 0.6 is 11.6 Å². The molecular formula is C12H18ClNO. The molecule has 1 rings (SSSR count). The van der Waals surface area contributed by atoms with Gasteiger partial charge in [0.05, 0.1) is 11.6 Å². The Labute approximate surface area is 96.8 Å². The molecule has 0 N–H and O–H groups in total. The molecule has 2 nitrogen and oxygen atoms in total. The van der Waals surface area contributed by atoms with E-state index in [9.17, 15) is 0 Å². The van der Waals surface area contributed by atoms with Crippen molar-refractivity contribution < 1.29 is 4.74 Å². The molecule has 0 aliphatic rings. The zero-order valence-corrected chi connectivity index (χ0v) is 10.3. The average molecular weight is 228 g/mol. The molecule has 1 aromatic carbocycles. The average Bonchev–Trinajstić information content (AvgIpc) is 2.15. The quantitative estimate of drug-likeness (QED) is 0.766. The van der Waals surface area contributed by atoms with E-state index in [0.29, 0.717) is 11.6 Å². The number of halogens is 1. The lowest BCUT2D eigenvalue weighted by atomic mass is 10.2. The van der Waals surface area contributed by atoms with Gasteiger partial charge in [-0.2, -0.15) is 0 Å². The summed E-state index contributed by atoms with van der Waals surface area (Å²) in [6.45, 7) is 3.69. The first kappa shape index (κ1) is 12.3. The summed E-state index contributed by atoms with van der Waals surface area (Å²) in [7, 11) is 4.07. The van der Waals surface area contributed by atoms with Crippen molar-refractivity contribution in [2.75, 3.05) is 20.7 Å². The molecule has 0 aliphatic heterocycles. The first-order chi connectivity index (χ1) is 7.13. The molecule has 0 aromatic heterocycles. The normalized spacial score (nSPS) is 10.7. The number of rotatable bonds is 5. The van der Waals surface area contributed by atoms with Gasteiger partial charge in [-0.3, -0.25) is 0 Å². The zero-order chi connectivity index (χ0) is 11.3. The lowest BCUT2D eigenvalue weighted by Gasteiger charge is -2.12. The van der Waals surface area contributed by atoms with Gasteiger partial charge in [0, 0.05) is 6.54 Å². The molecule has 0 unspecified atom stereocenters. The van der Waals surface area contributed by atoms with Gasteiger partial charge in [0.15, 0.2) is 0 Å². The van der Waals surface area contributed by atoms with Gasteiger partial charge in [-0.05, 0) is 38.2 Å². The maximum atomic E-state index is 6.11. The summed E-state index contributed by atoms with van der Waals surface area (Å²) in [6, 6.07) is 5.96. The molecule has 3 heteroatoms. The van der Waals surface area contributed by atoms with Crippen LogP contribution in [0.3, 0.4) is 0 Å². The SMILES string of the molecule is CCCOc1ccc(CN(C)C)cc1Cl. The minimum absolute atomic E-state index is 0.697. The predicted octanol–water partition coefficient (Wildman–Crippen LogP) is 3.19. The Morgan fingerprint density at radius 3 is 2.60 bits per heavy atom. The Bertz CT molecular complexity index is 312. The Balaban J connectivity index is 2.69. The maximum absolute atomic E-state index is 6.11. The Kier molecular flexibility index (Phi) is 4.92. The van der Waals surface area contributed by atoms with E-state index in [0.717, 1.165) is 18.7 Å². The topological polar surface area (TPSA) is 12.5 Å². The molecule has 0 saturated heterocycles. The van der Waals surface area contributed by atoms with Crippen LogP contribution in [0.2, 0.25) is 5.02 Å². The molecule has 0 radical (unpaired) electrons. The standard InChI is InChI=1S/C12H18ClNO/c1-4-7-15-12-6-5-10(8-11(12)13)9-14(2)3/h5-6,8H,4,7,9H2,1-3H3. The largest absolute Gasteiger partial charge is 0.492 e. The molecular weight excluding hydrogens is 210 g/mol. The van der Waals surface area contributed by atoms with Crippen LogP contribution in [-0.2, 0) is 6.54 Å². The minimum Gasteiger partial charge on any atom is -0.492 e. The highest BCUT2D eigenvalue weighted by molar-refractivity contribution is 6.32. The van der Waals surface area contributed by atoms with Gasteiger partial charge in [-0.1, -0.05) is 24.6 Å². The third-order valence-corrected chi connectivity index (χ3v) is 2.25. The Morgan fingerprint density at radius 2 is 2.07 bits per heavy atom. The van der Waals surface area contributed by atoms with Gasteiger partial charge in [0.2, 0.25) is 0 Å². The summed E-state index contributed by atoms with van der Waals surface area (Å²) in [4.78, 5) is 2.11. The highest BCUT2D eigenvalue weighted by Gasteiger charge is 2.03. The fourth-order valence-electron chi connectivity index (χ4n) is 1.34. The zero-order valence-electron chi connectivity index (χ0n) is 9.59. The molecule has 84 valence electrons. The van der Waals surface area contributed by atoms with E-state index < -0.39 is 0 Å². The molecule has 0 aliphatic carbocycles. The molecule has 15 heavy (non-hydrogen) atoms. The van der Waals surface area contributed by atoms with Crippen LogP contribution in [0.15, 0.2) is 18.2 Å². The second kappa shape index (κ2) is 5.99. The fourth-order valence-corrected chi connectivity index (χ4v) is 1.59. The molecule has 0 bridgehead atoms. The van der Waals surface area contributed by atoms with Crippen molar-refractivity contribution in [2.45, 2.75) is 19.9 Å².